The van der Waals surface area contributed by atoms with Crippen molar-refractivity contribution < 1.29 is 0 Å². The third-order valence-corrected chi connectivity index (χ3v) is 2.12. The van der Waals surface area contributed by atoms with Gasteiger partial charge in [-0.05, 0) is 31.7 Å². The van der Waals surface area contributed by atoms with E-state index >= 15 is 0 Å². The van der Waals surface area contributed by atoms with E-state index in [9.17, 15) is 0 Å². The molecule has 0 saturated heterocycles. The van der Waals surface area contributed by atoms with Gasteiger partial charge in [0.1, 0.15) is 0 Å². The third-order valence-electron chi connectivity index (χ3n) is 2.12. The van der Waals surface area contributed by atoms with Crippen LogP contribution in [0.4, 0.5) is 0 Å². The van der Waals surface area contributed by atoms with Crippen LogP contribution >= 0.6 is 0 Å². The molecule has 0 aliphatic rings. The van der Waals surface area contributed by atoms with Crippen molar-refractivity contribution in [2.75, 3.05) is 0 Å². The van der Waals surface area contributed by atoms with Crippen molar-refractivity contribution in [3.63, 3.8) is 0 Å². The highest BCUT2D eigenvalue weighted by Crippen LogP contribution is 2.04. The summed E-state index contributed by atoms with van der Waals surface area (Å²) >= 11 is 0. The van der Waals surface area contributed by atoms with E-state index in [1.165, 1.54) is 12.0 Å². The van der Waals surface area contributed by atoms with Gasteiger partial charge in [-0.15, -0.1) is 0 Å². The van der Waals surface area contributed by atoms with Gasteiger partial charge in [-0.2, -0.15) is 0 Å². The minimum absolute atomic E-state index is 0.187. The summed E-state index contributed by atoms with van der Waals surface area (Å²) in [6.45, 7) is 1.99. The van der Waals surface area contributed by atoms with Crippen LogP contribution < -0.4 is 5.73 Å². The molecule has 0 unspecified atom stereocenters. The van der Waals surface area contributed by atoms with Gasteiger partial charge in [0.25, 0.3) is 0 Å². The zero-order chi connectivity index (χ0) is 10.2. The lowest BCUT2D eigenvalue weighted by atomic mass is 10.1. The van der Waals surface area contributed by atoms with E-state index in [1.54, 1.807) is 0 Å². The summed E-state index contributed by atoms with van der Waals surface area (Å²) in [6.07, 6.45) is 7.71. The van der Waals surface area contributed by atoms with Crippen molar-refractivity contribution in [3.8, 4) is 0 Å². The van der Waals surface area contributed by atoms with Gasteiger partial charge in [-0.3, -0.25) is 0 Å². The molecule has 1 aromatic carbocycles. The molecule has 14 heavy (non-hydrogen) atoms. The van der Waals surface area contributed by atoms with Crippen LogP contribution in [0.2, 0.25) is 0 Å². The van der Waals surface area contributed by atoms with Crippen molar-refractivity contribution in [1.82, 2.24) is 0 Å². The minimum atomic E-state index is 0.187. The highest BCUT2D eigenvalue weighted by molar-refractivity contribution is 5.14. The molecule has 0 spiro atoms. The van der Waals surface area contributed by atoms with E-state index in [-0.39, 0.29) is 6.04 Å². The van der Waals surface area contributed by atoms with Gasteiger partial charge in [-0.1, -0.05) is 42.5 Å². The van der Waals surface area contributed by atoms with Crippen molar-refractivity contribution in [3.05, 3.63) is 48.0 Å². The Morgan fingerprint density at radius 1 is 1.29 bits per heavy atom. The van der Waals surface area contributed by atoms with E-state index in [2.05, 4.69) is 42.5 Å². The van der Waals surface area contributed by atoms with Crippen LogP contribution in [-0.2, 0) is 6.42 Å². The molecule has 76 valence electrons. The predicted octanol–water partition coefficient (Wildman–Crippen LogP) is 2.91. The maximum Gasteiger partial charge on any atom is 0.0194 e. The summed E-state index contributed by atoms with van der Waals surface area (Å²) in [6, 6.07) is 10.8. The Bertz CT molecular complexity index is 262. The highest BCUT2D eigenvalue weighted by Gasteiger charge is 1.90. The first kappa shape index (κ1) is 11.0. The predicted molar refractivity (Wildman–Crippen MR) is 62.2 cm³/mol. The molecule has 0 amide bonds. The van der Waals surface area contributed by atoms with Crippen LogP contribution in [0.1, 0.15) is 25.3 Å². The number of nitrogens with two attached hydrogens (primary N) is 1. The Morgan fingerprint density at radius 3 is 2.64 bits per heavy atom. The molecule has 0 aromatic heterocycles. The lowest BCUT2D eigenvalue weighted by Gasteiger charge is -1.98. The number of aryl methyl sites for hydroxylation is 1. The number of allylic oxidation sites excluding steroid dienone is 1. The van der Waals surface area contributed by atoms with Gasteiger partial charge in [-0.25, -0.2) is 0 Å². The second kappa shape index (κ2) is 6.39. The summed E-state index contributed by atoms with van der Waals surface area (Å²) in [5, 5.41) is 0. The molecule has 1 heteroatoms. The smallest absolute Gasteiger partial charge is 0.0194 e. The van der Waals surface area contributed by atoms with E-state index in [0.29, 0.717) is 0 Å². The van der Waals surface area contributed by atoms with Gasteiger partial charge in [0.05, 0.1) is 0 Å². The average molecular weight is 189 g/mol. The number of benzene rings is 1. The standard InChI is InChI=1S/C13H19N/c1-12(14)8-4-2-5-9-13-10-6-3-7-11-13/h3-4,6-8,10-12H,2,5,9,14H2,1H3/b8-4+/t12-/m1/s1. The Balaban J connectivity index is 2.16. The molecular formula is C13H19N. The first-order valence-corrected chi connectivity index (χ1v) is 5.25. The Kier molecular flexibility index (Phi) is 5.02. The van der Waals surface area contributed by atoms with Gasteiger partial charge >= 0.3 is 0 Å². The molecule has 0 radical (unpaired) electrons. The zero-order valence-corrected chi connectivity index (χ0v) is 8.82. The molecule has 1 aromatic rings. The second-order valence-electron chi connectivity index (χ2n) is 3.67. The van der Waals surface area contributed by atoms with Crippen LogP contribution in [0.3, 0.4) is 0 Å². The number of hydrogen-bond acceptors (Lipinski definition) is 1. The molecule has 1 rings (SSSR count). The van der Waals surface area contributed by atoms with Crippen LogP contribution in [0, 0.1) is 0 Å². The van der Waals surface area contributed by atoms with Crippen molar-refractivity contribution in [2.45, 2.75) is 32.2 Å². The molecule has 0 aliphatic heterocycles. The molecule has 0 bridgehead atoms. The van der Waals surface area contributed by atoms with Crippen LogP contribution in [0.25, 0.3) is 0 Å². The summed E-state index contributed by atoms with van der Waals surface area (Å²) in [7, 11) is 0. The SMILES string of the molecule is C[C@@H](N)/C=C/CCCc1ccccc1. The molecule has 0 heterocycles. The highest BCUT2D eigenvalue weighted by atomic mass is 14.6. The Hall–Kier alpha value is -1.08. The normalized spacial score (nSPS) is 13.3. The molecule has 2 N–H and O–H groups in total. The largest absolute Gasteiger partial charge is 0.325 e. The average Bonchev–Trinajstić information content (AvgIpc) is 2.18. The molecular weight excluding hydrogens is 170 g/mol. The van der Waals surface area contributed by atoms with E-state index in [0.717, 1.165) is 12.8 Å². The number of rotatable bonds is 5. The first-order chi connectivity index (χ1) is 6.79. The van der Waals surface area contributed by atoms with E-state index in [1.807, 2.05) is 6.92 Å². The summed E-state index contributed by atoms with van der Waals surface area (Å²) in [5.74, 6) is 0. The monoisotopic (exact) mass is 189 g/mol. The summed E-state index contributed by atoms with van der Waals surface area (Å²) < 4.78 is 0. The summed E-state index contributed by atoms with van der Waals surface area (Å²) in [5.41, 5.74) is 7.02. The Morgan fingerprint density at radius 2 is 2.00 bits per heavy atom. The first-order valence-electron chi connectivity index (χ1n) is 5.25. The van der Waals surface area contributed by atoms with Crippen molar-refractivity contribution in [2.24, 2.45) is 5.73 Å². The Labute approximate surface area is 86.6 Å². The zero-order valence-electron chi connectivity index (χ0n) is 8.82. The quantitative estimate of drug-likeness (QED) is 0.559. The van der Waals surface area contributed by atoms with Gasteiger partial charge < -0.3 is 5.73 Å². The fourth-order valence-electron chi connectivity index (χ4n) is 1.38. The lowest BCUT2D eigenvalue weighted by Crippen LogP contribution is -2.09. The molecule has 0 saturated carbocycles. The van der Waals surface area contributed by atoms with Crippen molar-refractivity contribution in [1.29, 1.82) is 0 Å². The fourth-order valence-corrected chi connectivity index (χ4v) is 1.38. The molecule has 0 fully saturated rings. The van der Waals surface area contributed by atoms with Crippen LogP contribution in [0.5, 0.6) is 0 Å². The maximum atomic E-state index is 5.60. The number of unbranched alkanes of at least 4 members (excludes halogenated alkanes) is 1. The van der Waals surface area contributed by atoms with Gasteiger partial charge in [0, 0.05) is 6.04 Å². The van der Waals surface area contributed by atoms with Gasteiger partial charge in [0.2, 0.25) is 0 Å². The van der Waals surface area contributed by atoms with E-state index < -0.39 is 0 Å². The topological polar surface area (TPSA) is 26.0 Å². The fraction of sp³-hybridized carbons (Fsp3) is 0.385. The second-order valence-corrected chi connectivity index (χ2v) is 3.67. The van der Waals surface area contributed by atoms with Gasteiger partial charge in [0.15, 0.2) is 0 Å². The molecule has 0 aliphatic carbocycles. The van der Waals surface area contributed by atoms with Crippen LogP contribution in [-0.4, -0.2) is 6.04 Å². The van der Waals surface area contributed by atoms with E-state index in [4.69, 9.17) is 5.73 Å². The third kappa shape index (κ3) is 4.83. The maximum absolute atomic E-state index is 5.60. The summed E-state index contributed by atoms with van der Waals surface area (Å²) in [4.78, 5) is 0. The number of hydrogen-bond donors (Lipinski definition) is 1. The van der Waals surface area contributed by atoms with Crippen molar-refractivity contribution >= 4 is 0 Å². The molecule has 1 atom stereocenters. The molecule has 1 nitrogen and oxygen atoms in total. The lowest BCUT2D eigenvalue weighted by molar-refractivity contribution is 0.831. The van der Waals surface area contributed by atoms with Crippen LogP contribution in [0.15, 0.2) is 42.5 Å². The minimum Gasteiger partial charge on any atom is -0.325 e.